The van der Waals surface area contributed by atoms with Crippen molar-refractivity contribution in [1.82, 2.24) is 24.5 Å². The SMILES string of the molecule is CC1CN(c2cc(-c3ccc(Cl)cc3F)c3cnn(C)c(=O)c3n2)CC(c2cnn(C3CC3)c2)O1. The molecule has 1 saturated heterocycles. The lowest BCUT2D eigenvalue weighted by Gasteiger charge is -2.37. The molecule has 0 radical (unpaired) electrons. The van der Waals surface area contributed by atoms with Crippen LogP contribution >= 0.6 is 11.6 Å². The molecule has 0 bridgehead atoms. The molecular weight excluding hydrogens is 471 g/mol. The van der Waals surface area contributed by atoms with E-state index in [1.54, 1.807) is 25.4 Å². The number of morpholine rings is 1. The highest BCUT2D eigenvalue weighted by atomic mass is 35.5. The van der Waals surface area contributed by atoms with Crippen LogP contribution in [0.25, 0.3) is 22.0 Å². The summed E-state index contributed by atoms with van der Waals surface area (Å²) in [6, 6.07) is 6.82. The van der Waals surface area contributed by atoms with E-state index in [1.807, 2.05) is 23.9 Å². The van der Waals surface area contributed by atoms with Gasteiger partial charge in [0.25, 0.3) is 5.56 Å². The van der Waals surface area contributed by atoms with Gasteiger partial charge in [-0.2, -0.15) is 10.2 Å². The summed E-state index contributed by atoms with van der Waals surface area (Å²) in [6.45, 7) is 3.13. The number of anilines is 1. The molecule has 1 aliphatic heterocycles. The van der Waals surface area contributed by atoms with Crippen LogP contribution in [0.1, 0.15) is 37.5 Å². The van der Waals surface area contributed by atoms with E-state index in [9.17, 15) is 9.18 Å². The van der Waals surface area contributed by atoms with E-state index in [4.69, 9.17) is 21.3 Å². The highest BCUT2D eigenvalue weighted by Crippen LogP contribution is 2.37. The number of benzene rings is 1. The van der Waals surface area contributed by atoms with Gasteiger partial charge in [0, 0.05) is 41.3 Å². The number of rotatable bonds is 4. The molecule has 35 heavy (non-hydrogen) atoms. The van der Waals surface area contributed by atoms with E-state index in [0.29, 0.717) is 46.5 Å². The third-order valence-electron chi connectivity index (χ3n) is 6.62. The first kappa shape index (κ1) is 22.2. The van der Waals surface area contributed by atoms with E-state index < -0.39 is 5.82 Å². The molecule has 0 amide bonds. The van der Waals surface area contributed by atoms with Crippen molar-refractivity contribution < 1.29 is 9.13 Å². The molecule has 2 unspecified atom stereocenters. The van der Waals surface area contributed by atoms with E-state index in [1.165, 1.54) is 10.7 Å². The van der Waals surface area contributed by atoms with E-state index in [2.05, 4.69) is 21.3 Å². The average molecular weight is 495 g/mol. The van der Waals surface area contributed by atoms with E-state index in [0.717, 1.165) is 18.4 Å². The van der Waals surface area contributed by atoms with Crippen molar-refractivity contribution in [3.8, 4) is 11.1 Å². The lowest BCUT2D eigenvalue weighted by atomic mass is 10.0. The lowest BCUT2D eigenvalue weighted by Crippen LogP contribution is -2.43. The maximum atomic E-state index is 15.0. The van der Waals surface area contributed by atoms with E-state index >= 15 is 0 Å². The van der Waals surface area contributed by atoms with Gasteiger partial charge in [0.2, 0.25) is 0 Å². The molecule has 1 aromatic carbocycles. The zero-order valence-corrected chi connectivity index (χ0v) is 20.1. The first-order valence-corrected chi connectivity index (χ1v) is 12.0. The predicted molar refractivity (Wildman–Crippen MR) is 131 cm³/mol. The third kappa shape index (κ3) is 4.08. The number of hydrogen-bond donors (Lipinski definition) is 0. The summed E-state index contributed by atoms with van der Waals surface area (Å²) >= 11 is 5.99. The molecular formula is C25H24ClFN6O2. The van der Waals surface area contributed by atoms with Gasteiger partial charge in [-0.05, 0) is 49.6 Å². The Balaban J connectivity index is 1.45. The second-order valence-corrected chi connectivity index (χ2v) is 9.75. The Labute approximate surface area is 205 Å². The van der Waals surface area contributed by atoms with Crippen molar-refractivity contribution in [2.75, 3.05) is 18.0 Å². The minimum atomic E-state index is -0.475. The summed E-state index contributed by atoms with van der Waals surface area (Å²) in [5.74, 6) is 0.109. The monoisotopic (exact) mass is 494 g/mol. The highest BCUT2D eigenvalue weighted by Gasteiger charge is 2.31. The first-order valence-electron chi connectivity index (χ1n) is 11.6. The maximum Gasteiger partial charge on any atom is 0.293 e. The zero-order chi connectivity index (χ0) is 24.3. The third-order valence-corrected chi connectivity index (χ3v) is 6.86. The van der Waals surface area contributed by atoms with Crippen molar-refractivity contribution in [3.05, 3.63) is 69.6 Å². The summed E-state index contributed by atoms with van der Waals surface area (Å²) in [4.78, 5) is 19.8. The molecule has 1 saturated carbocycles. The summed E-state index contributed by atoms with van der Waals surface area (Å²) < 4.78 is 24.5. The Morgan fingerprint density at radius 1 is 1.11 bits per heavy atom. The number of hydrogen-bond acceptors (Lipinski definition) is 6. The van der Waals surface area contributed by atoms with Crippen LogP contribution in [0.3, 0.4) is 0 Å². The van der Waals surface area contributed by atoms with Crippen LogP contribution in [-0.2, 0) is 11.8 Å². The Bertz CT molecular complexity index is 1500. The largest absolute Gasteiger partial charge is 0.367 e. The van der Waals surface area contributed by atoms with Gasteiger partial charge in [0.15, 0.2) is 0 Å². The molecule has 6 rings (SSSR count). The quantitative estimate of drug-likeness (QED) is 0.421. The molecule has 1 aliphatic carbocycles. The van der Waals surface area contributed by atoms with Crippen LogP contribution in [-0.4, -0.2) is 43.7 Å². The Morgan fingerprint density at radius 3 is 2.71 bits per heavy atom. The van der Waals surface area contributed by atoms with Gasteiger partial charge in [0.05, 0.1) is 31.1 Å². The predicted octanol–water partition coefficient (Wildman–Crippen LogP) is 4.29. The molecule has 4 aromatic rings. The molecule has 3 aromatic heterocycles. The Morgan fingerprint density at radius 2 is 1.94 bits per heavy atom. The van der Waals surface area contributed by atoms with Crippen molar-refractivity contribution in [2.24, 2.45) is 7.05 Å². The number of pyridine rings is 1. The average Bonchev–Trinajstić information content (AvgIpc) is 3.57. The normalized spacial score (nSPS) is 20.5. The van der Waals surface area contributed by atoms with Gasteiger partial charge < -0.3 is 9.64 Å². The highest BCUT2D eigenvalue weighted by molar-refractivity contribution is 6.30. The van der Waals surface area contributed by atoms with Crippen LogP contribution < -0.4 is 10.5 Å². The summed E-state index contributed by atoms with van der Waals surface area (Å²) in [6.07, 6.45) is 7.51. The van der Waals surface area contributed by atoms with Crippen LogP contribution in [0.2, 0.25) is 5.02 Å². The molecule has 0 spiro atoms. The fourth-order valence-corrected chi connectivity index (χ4v) is 4.82. The Hall–Kier alpha value is -3.30. The number of nitrogens with zero attached hydrogens (tertiary/aromatic N) is 6. The van der Waals surface area contributed by atoms with E-state index in [-0.39, 0.29) is 23.3 Å². The van der Waals surface area contributed by atoms with Crippen LogP contribution in [0, 0.1) is 5.82 Å². The minimum absolute atomic E-state index is 0.0773. The second kappa shape index (κ2) is 8.42. The minimum Gasteiger partial charge on any atom is -0.367 e. The molecule has 2 fully saturated rings. The molecule has 0 N–H and O–H groups in total. The molecule has 2 atom stereocenters. The van der Waals surface area contributed by atoms with Crippen LogP contribution in [0.15, 0.2) is 47.7 Å². The number of halogens is 2. The second-order valence-electron chi connectivity index (χ2n) is 9.31. The number of ether oxygens (including phenoxy) is 1. The molecule has 8 nitrogen and oxygen atoms in total. The molecule has 4 heterocycles. The van der Waals surface area contributed by atoms with Crippen LogP contribution in [0.5, 0.6) is 0 Å². The van der Waals surface area contributed by atoms with Crippen LogP contribution in [0.4, 0.5) is 10.2 Å². The number of fused-ring (bicyclic) bond motifs is 1. The smallest absolute Gasteiger partial charge is 0.293 e. The summed E-state index contributed by atoms with van der Waals surface area (Å²) in [5.41, 5.74) is 1.78. The van der Waals surface area contributed by atoms with Crippen molar-refractivity contribution in [3.63, 3.8) is 0 Å². The molecule has 10 heteroatoms. The topological polar surface area (TPSA) is 78.1 Å². The van der Waals surface area contributed by atoms with Gasteiger partial charge in [-0.3, -0.25) is 9.48 Å². The van der Waals surface area contributed by atoms with Gasteiger partial charge in [-0.1, -0.05) is 11.6 Å². The van der Waals surface area contributed by atoms with Crippen molar-refractivity contribution in [2.45, 2.75) is 38.0 Å². The fourth-order valence-electron chi connectivity index (χ4n) is 4.66. The van der Waals surface area contributed by atoms with Gasteiger partial charge in [0.1, 0.15) is 23.3 Å². The maximum absolute atomic E-state index is 15.0. The van der Waals surface area contributed by atoms with Gasteiger partial charge in [-0.25, -0.2) is 14.1 Å². The molecule has 2 aliphatic rings. The Kier molecular flexibility index (Phi) is 5.34. The standard InChI is InChI=1S/C25H24ClFN6O2/c1-14-11-32(13-22(35-14)15-9-29-33(12-15)17-4-5-17)23-8-19(18-6-3-16(26)7-21(18)27)20-10-28-31(2)25(34)24(20)30-23/h3,6-10,12,14,17,22H,4-5,11,13H2,1-2H3. The van der Waals surface area contributed by atoms with Crippen molar-refractivity contribution in [1.29, 1.82) is 0 Å². The fraction of sp³-hybridized carbons (Fsp3) is 0.360. The molecule has 180 valence electrons. The first-order chi connectivity index (χ1) is 16.9. The lowest BCUT2D eigenvalue weighted by molar-refractivity contribution is -0.0176. The summed E-state index contributed by atoms with van der Waals surface area (Å²) in [5, 5.41) is 9.44. The number of aromatic nitrogens is 5. The zero-order valence-electron chi connectivity index (χ0n) is 19.4. The summed E-state index contributed by atoms with van der Waals surface area (Å²) in [7, 11) is 1.57. The number of aryl methyl sites for hydroxylation is 1. The van der Waals surface area contributed by atoms with Gasteiger partial charge in [-0.15, -0.1) is 0 Å². The van der Waals surface area contributed by atoms with Gasteiger partial charge >= 0.3 is 0 Å². The van der Waals surface area contributed by atoms with Crippen molar-refractivity contribution >= 4 is 28.3 Å².